The van der Waals surface area contributed by atoms with Crippen molar-refractivity contribution >= 4 is 17.6 Å². The van der Waals surface area contributed by atoms with Gasteiger partial charge in [0, 0.05) is 11.3 Å². The van der Waals surface area contributed by atoms with Gasteiger partial charge in [0.2, 0.25) is 0 Å². The van der Waals surface area contributed by atoms with E-state index in [9.17, 15) is 19.1 Å². The molecule has 1 amide bonds. The first kappa shape index (κ1) is 15.0. The van der Waals surface area contributed by atoms with Crippen molar-refractivity contribution in [3.8, 4) is 0 Å². The first-order valence-electron chi connectivity index (χ1n) is 7.09. The van der Waals surface area contributed by atoms with Crippen molar-refractivity contribution in [3.05, 3.63) is 77.6 Å². The summed E-state index contributed by atoms with van der Waals surface area (Å²) >= 11 is 0. The van der Waals surface area contributed by atoms with Crippen LogP contribution in [0.5, 0.6) is 0 Å². The van der Waals surface area contributed by atoms with Gasteiger partial charge in [-0.1, -0.05) is 24.3 Å². The van der Waals surface area contributed by atoms with Gasteiger partial charge in [-0.15, -0.1) is 6.58 Å². The molecular formula is C18H13FNO3-. The highest BCUT2D eigenvalue weighted by molar-refractivity contribution is 6.15. The molecule has 116 valence electrons. The van der Waals surface area contributed by atoms with E-state index in [1.807, 2.05) is 0 Å². The molecule has 2 aromatic carbocycles. The van der Waals surface area contributed by atoms with E-state index in [0.717, 1.165) is 0 Å². The topological polar surface area (TPSA) is 60.4 Å². The third-order valence-corrected chi connectivity index (χ3v) is 3.91. The van der Waals surface area contributed by atoms with Gasteiger partial charge >= 0.3 is 0 Å². The first-order chi connectivity index (χ1) is 11.0. The molecule has 1 atom stereocenters. The zero-order valence-electron chi connectivity index (χ0n) is 12.2. The van der Waals surface area contributed by atoms with Gasteiger partial charge in [-0.3, -0.25) is 4.79 Å². The molecule has 0 saturated carbocycles. The Morgan fingerprint density at radius 1 is 1.26 bits per heavy atom. The molecule has 0 fully saturated rings. The highest BCUT2D eigenvalue weighted by Gasteiger charge is 2.38. The summed E-state index contributed by atoms with van der Waals surface area (Å²) < 4.78 is 13.1. The molecule has 0 radical (unpaired) electrons. The van der Waals surface area contributed by atoms with E-state index in [4.69, 9.17) is 0 Å². The van der Waals surface area contributed by atoms with Crippen LogP contribution in [0.4, 0.5) is 10.1 Å². The number of carbonyl (C=O) groups excluding carboxylic acids is 2. The van der Waals surface area contributed by atoms with Gasteiger partial charge in [-0.05, 0) is 36.2 Å². The molecule has 0 spiro atoms. The van der Waals surface area contributed by atoms with Crippen molar-refractivity contribution in [2.45, 2.75) is 12.5 Å². The summed E-state index contributed by atoms with van der Waals surface area (Å²) in [6.45, 7) is 3.70. The van der Waals surface area contributed by atoms with Crippen LogP contribution in [0.2, 0.25) is 0 Å². The molecule has 1 unspecified atom stereocenters. The second-order valence-corrected chi connectivity index (χ2v) is 5.25. The standard InChI is InChI=1S/C18H14FNO3/c1-2-4-15-13-5-3-6-14(18(22)23)16(13)17(21)20(15)12-9-7-11(19)8-10-12/h2-3,5-10,15H,1,4H2,(H,22,23)/p-1. The minimum Gasteiger partial charge on any atom is -0.545 e. The zero-order chi connectivity index (χ0) is 16.6. The number of carbonyl (C=O) groups is 2. The summed E-state index contributed by atoms with van der Waals surface area (Å²) in [7, 11) is 0. The molecule has 0 N–H and O–H groups in total. The number of hydrogen-bond donors (Lipinski definition) is 0. The second-order valence-electron chi connectivity index (χ2n) is 5.25. The Kier molecular flexibility index (Phi) is 3.70. The predicted molar refractivity (Wildman–Crippen MR) is 81.5 cm³/mol. The monoisotopic (exact) mass is 310 g/mol. The molecular weight excluding hydrogens is 297 g/mol. The lowest BCUT2D eigenvalue weighted by atomic mass is 9.98. The molecule has 5 heteroatoms. The third kappa shape index (κ3) is 2.40. The lowest BCUT2D eigenvalue weighted by molar-refractivity contribution is -0.255. The number of aromatic carboxylic acids is 1. The Labute approximate surface area is 132 Å². The van der Waals surface area contributed by atoms with Crippen LogP contribution in [0.1, 0.15) is 38.7 Å². The SMILES string of the molecule is C=CCC1c2cccc(C(=O)[O-])c2C(=O)N1c1ccc(F)cc1. The van der Waals surface area contributed by atoms with E-state index in [0.29, 0.717) is 17.7 Å². The van der Waals surface area contributed by atoms with Crippen LogP contribution >= 0.6 is 0 Å². The molecule has 4 nitrogen and oxygen atoms in total. The quantitative estimate of drug-likeness (QED) is 0.815. The Hall–Kier alpha value is -2.95. The summed E-state index contributed by atoms with van der Waals surface area (Å²) in [6.07, 6.45) is 2.11. The van der Waals surface area contributed by atoms with Crippen molar-refractivity contribution in [2.24, 2.45) is 0 Å². The summed E-state index contributed by atoms with van der Waals surface area (Å²) in [4.78, 5) is 25.6. The number of anilines is 1. The molecule has 0 saturated heterocycles. The summed E-state index contributed by atoms with van der Waals surface area (Å²) in [6, 6.07) is 9.79. The Morgan fingerprint density at radius 2 is 1.96 bits per heavy atom. The molecule has 3 rings (SSSR count). The number of carboxylic acids is 1. The first-order valence-corrected chi connectivity index (χ1v) is 7.09. The molecule has 1 aliphatic heterocycles. The Morgan fingerprint density at radius 3 is 2.57 bits per heavy atom. The van der Waals surface area contributed by atoms with E-state index in [-0.39, 0.29) is 17.2 Å². The van der Waals surface area contributed by atoms with Crippen LogP contribution in [-0.4, -0.2) is 11.9 Å². The minimum atomic E-state index is -1.39. The normalized spacial score (nSPS) is 16.3. The minimum absolute atomic E-state index is 0.128. The molecule has 1 aliphatic rings. The fourth-order valence-corrected chi connectivity index (χ4v) is 2.95. The number of rotatable bonds is 4. The fraction of sp³-hybridized carbons (Fsp3) is 0.111. The van der Waals surface area contributed by atoms with Crippen molar-refractivity contribution < 1.29 is 19.1 Å². The highest BCUT2D eigenvalue weighted by atomic mass is 19.1. The van der Waals surface area contributed by atoms with Gasteiger partial charge in [-0.25, -0.2) is 4.39 Å². The van der Waals surface area contributed by atoms with E-state index in [1.54, 1.807) is 18.2 Å². The Bertz CT molecular complexity index is 798. The van der Waals surface area contributed by atoms with E-state index < -0.39 is 17.7 Å². The molecule has 23 heavy (non-hydrogen) atoms. The van der Waals surface area contributed by atoms with Crippen molar-refractivity contribution in [2.75, 3.05) is 4.90 Å². The summed E-state index contributed by atoms with van der Waals surface area (Å²) in [5.74, 6) is -2.24. The van der Waals surface area contributed by atoms with E-state index >= 15 is 0 Å². The number of hydrogen-bond acceptors (Lipinski definition) is 3. The molecule has 1 heterocycles. The maximum atomic E-state index is 13.1. The number of carboxylic acid groups (broad SMARTS) is 1. The molecule has 0 aromatic heterocycles. The molecule has 2 aromatic rings. The third-order valence-electron chi connectivity index (χ3n) is 3.91. The fourth-order valence-electron chi connectivity index (χ4n) is 2.95. The van der Waals surface area contributed by atoms with Gasteiger partial charge in [0.25, 0.3) is 5.91 Å². The average Bonchev–Trinajstić information content (AvgIpc) is 2.81. The average molecular weight is 310 g/mol. The van der Waals surface area contributed by atoms with Gasteiger partial charge in [0.15, 0.2) is 0 Å². The smallest absolute Gasteiger partial charge is 0.259 e. The summed E-state index contributed by atoms with van der Waals surface area (Å²) in [5.41, 5.74) is 1.11. The van der Waals surface area contributed by atoms with Gasteiger partial charge in [0.05, 0.1) is 17.6 Å². The van der Waals surface area contributed by atoms with Crippen molar-refractivity contribution in [1.29, 1.82) is 0 Å². The summed E-state index contributed by atoms with van der Waals surface area (Å²) in [5, 5.41) is 11.3. The number of amides is 1. The number of halogens is 1. The van der Waals surface area contributed by atoms with Crippen LogP contribution in [0.25, 0.3) is 0 Å². The van der Waals surface area contributed by atoms with E-state index in [1.165, 1.54) is 35.2 Å². The second kappa shape index (κ2) is 5.68. The van der Waals surface area contributed by atoms with Crippen LogP contribution in [0.3, 0.4) is 0 Å². The van der Waals surface area contributed by atoms with Crippen LogP contribution in [-0.2, 0) is 0 Å². The van der Waals surface area contributed by atoms with Gasteiger partial charge in [-0.2, -0.15) is 0 Å². The van der Waals surface area contributed by atoms with Crippen LogP contribution in [0, 0.1) is 5.82 Å². The van der Waals surface area contributed by atoms with Gasteiger partial charge < -0.3 is 14.8 Å². The number of benzene rings is 2. The largest absolute Gasteiger partial charge is 0.545 e. The van der Waals surface area contributed by atoms with Gasteiger partial charge in [0.1, 0.15) is 5.82 Å². The maximum Gasteiger partial charge on any atom is 0.259 e. The van der Waals surface area contributed by atoms with Crippen molar-refractivity contribution in [1.82, 2.24) is 0 Å². The molecule has 0 aliphatic carbocycles. The zero-order valence-corrected chi connectivity index (χ0v) is 12.2. The Balaban J connectivity index is 2.17. The lowest BCUT2D eigenvalue weighted by Gasteiger charge is -2.24. The van der Waals surface area contributed by atoms with E-state index in [2.05, 4.69) is 6.58 Å². The predicted octanol–water partition coefficient (Wildman–Crippen LogP) is 2.47. The van der Waals surface area contributed by atoms with Crippen molar-refractivity contribution in [3.63, 3.8) is 0 Å². The number of fused-ring (bicyclic) bond motifs is 1. The molecule has 0 bridgehead atoms. The van der Waals surface area contributed by atoms with Crippen LogP contribution in [0.15, 0.2) is 55.1 Å². The lowest BCUT2D eigenvalue weighted by Crippen LogP contribution is -2.29. The van der Waals surface area contributed by atoms with Crippen LogP contribution < -0.4 is 10.0 Å². The maximum absolute atomic E-state index is 13.1. The highest BCUT2D eigenvalue weighted by Crippen LogP contribution is 2.40. The number of nitrogens with zero attached hydrogens (tertiary/aromatic N) is 1.